The molecule has 4 nitrogen and oxygen atoms in total. The molecule has 1 aromatic carbocycles. The summed E-state index contributed by atoms with van der Waals surface area (Å²) in [7, 11) is 0. The van der Waals surface area contributed by atoms with Gasteiger partial charge in [-0.15, -0.1) is 0 Å². The highest BCUT2D eigenvalue weighted by molar-refractivity contribution is 7.80. The summed E-state index contributed by atoms with van der Waals surface area (Å²) in [6.45, 7) is 0. The number of rotatable bonds is 4. The molecule has 0 radical (unpaired) electrons. The molecule has 1 heterocycles. The zero-order valence-electron chi connectivity index (χ0n) is 10.3. The number of nitrogens with one attached hydrogen (secondary N) is 1. The SMILES string of the molecule is NC(=S)N/N=C(\Cc1ccccc1)c1ccncc1. The van der Waals surface area contributed by atoms with E-state index in [2.05, 4.69) is 27.6 Å². The van der Waals surface area contributed by atoms with Crippen molar-refractivity contribution in [3.63, 3.8) is 0 Å². The van der Waals surface area contributed by atoms with E-state index in [9.17, 15) is 0 Å². The van der Waals surface area contributed by atoms with E-state index in [-0.39, 0.29) is 5.11 Å². The fourth-order valence-electron chi connectivity index (χ4n) is 1.66. The van der Waals surface area contributed by atoms with Crippen LogP contribution < -0.4 is 11.2 Å². The van der Waals surface area contributed by atoms with E-state index in [1.807, 2.05) is 30.3 Å². The topological polar surface area (TPSA) is 63.3 Å². The summed E-state index contributed by atoms with van der Waals surface area (Å²) in [5.41, 5.74) is 11.1. The quantitative estimate of drug-likeness (QED) is 0.506. The predicted molar refractivity (Wildman–Crippen MR) is 80.8 cm³/mol. The lowest BCUT2D eigenvalue weighted by atomic mass is 10.0. The van der Waals surface area contributed by atoms with Crippen LogP contribution in [0.1, 0.15) is 11.1 Å². The van der Waals surface area contributed by atoms with Gasteiger partial charge in [0, 0.05) is 24.4 Å². The Morgan fingerprint density at radius 1 is 1.16 bits per heavy atom. The molecule has 0 aliphatic rings. The summed E-state index contributed by atoms with van der Waals surface area (Å²) in [6, 6.07) is 13.9. The molecule has 96 valence electrons. The normalized spacial score (nSPS) is 11.1. The standard InChI is InChI=1S/C14H14N4S/c15-14(19)18-17-13(12-6-8-16-9-7-12)10-11-4-2-1-3-5-11/h1-9H,10H2,(H3,15,18,19)/b17-13+. The van der Waals surface area contributed by atoms with E-state index in [0.717, 1.165) is 11.3 Å². The van der Waals surface area contributed by atoms with Gasteiger partial charge in [-0.2, -0.15) is 5.10 Å². The average Bonchev–Trinajstić information content (AvgIpc) is 2.45. The molecule has 0 fully saturated rings. The maximum Gasteiger partial charge on any atom is 0.184 e. The van der Waals surface area contributed by atoms with Gasteiger partial charge in [0.25, 0.3) is 0 Å². The maximum absolute atomic E-state index is 5.41. The molecule has 0 aliphatic heterocycles. The summed E-state index contributed by atoms with van der Waals surface area (Å²) in [5.74, 6) is 0. The molecule has 2 aromatic rings. The van der Waals surface area contributed by atoms with Gasteiger partial charge in [-0.05, 0) is 29.9 Å². The first-order valence-corrected chi connectivity index (χ1v) is 6.23. The second-order valence-electron chi connectivity index (χ2n) is 3.93. The van der Waals surface area contributed by atoms with Crippen LogP contribution in [0.2, 0.25) is 0 Å². The molecule has 0 unspecified atom stereocenters. The summed E-state index contributed by atoms with van der Waals surface area (Å²) in [5, 5.41) is 4.41. The van der Waals surface area contributed by atoms with Crippen LogP contribution in [-0.4, -0.2) is 15.8 Å². The van der Waals surface area contributed by atoms with Crippen LogP contribution in [0.4, 0.5) is 0 Å². The summed E-state index contributed by atoms with van der Waals surface area (Å²) >= 11 is 4.78. The van der Waals surface area contributed by atoms with Crippen molar-refractivity contribution < 1.29 is 0 Å². The summed E-state index contributed by atoms with van der Waals surface area (Å²) in [6.07, 6.45) is 4.16. The van der Waals surface area contributed by atoms with Crippen molar-refractivity contribution in [1.82, 2.24) is 10.4 Å². The minimum atomic E-state index is 0.152. The number of benzene rings is 1. The zero-order chi connectivity index (χ0) is 13.5. The average molecular weight is 270 g/mol. The first-order valence-electron chi connectivity index (χ1n) is 5.82. The molecule has 0 aliphatic carbocycles. The van der Waals surface area contributed by atoms with Gasteiger partial charge in [0.1, 0.15) is 0 Å². The highest BCUT2D eigenvalue weighted by atomic mass is 32.1. The van der Waals surface area contributed by atoms with Gasteiger partial charge < -0.3 is 5.73 Å². The van der Waals surface area contributed by atoms with Gasteiger partial charge in [0.15, 0.2) is 5.11 Å². The summed E-state index contributed by atoms with van der Waals surface area (Å²) < 4.78 is 0. The van der Waals surface area contributed by atoms with Gasteiger partial charge in [-0.3, -0.25) is 10.4 Å². The number of hydrogen-bond acceptors (Lipinski definition) is 3. The number of nitrogens with zero attached hydrogens (tertiary/aromatic N) is 2. The lowest BCUT2D eigenvalue weighted by Crippen LogP contribution is -2.26. The van der Waals surface area contributed by atoms with Crippen LogP contribution in [0.15, 0.2) is 60.0 Å². The van der Waals surface area contributed by atoms with E-state index < -0.39 is 0 Å². The first-order chi connectivity index (χ1) is 9.25. The number of aromatic nitrogens is 1. The van der Waals surface area contributed by atoms with E-state index >= 15 is 0 Å². The molecule has 0 spiro atoms. The molecule has 2 rings (SSSR count). The molecule has 0 saturated carbocycles. The van der Waals surface area contributed by atoms with E-state index in [4.69, 9.17) is 18.0 Å². The molecule has 0 atom stereocenters. The van der Waals surface area contributed by atoms with Crippen LogP contribution in [0.3, 0.4) is 0 Å². The molecule has 3 N–H and O–H groups in total. The molecule has 1 aromatic heterocycles. The lowest BCUT2D eigenvalue weighted by molar-refractivity contribution is 1.02. The van der Waals surface area contributed by atoms with Crippen molar-refractivity contribution in [1.29, 1.82) is 0 Å². The zero-order valence-corrected chi connectivity index (χ0v) is 11.1. The van der Waals surface area contributed by atoms with Gasteiger partial charge in [0.05, 0.1) is 5.71 Å². The van der Waals surface area contributed by atoms with E-state index in [1.54, 1.807) is 12.4 Å². The van der Waals surface area contributed by atoms with E-state index in [1.165, 1.54) is 5.56 Å². The van der Waals surface area contributed by atoms with Crippen molar-refractivity contribution in [3.8, 4) is 0 Å². The fraction of sp³-hybridized carbons (Fsp3) is 0.0714. The van der Waals surface area contributed by atoms with Crippen molar-refractivity contribution in [2.75, 3.05) is 0 Å². The van der Waals surface area contributed by atoms with Crippen molar-refractivity contribution >= 4 is 23.0 Å². The Morgan fingerprint density at radius 3 is 2.47 bits per heavy atom. The molecule has 19 heavy (non-hydrogen) atoms. The second kappa shape index (κ2) is 6.61. The molecule has 0 saturated heterocycles. The largest absolute Gasteiger partial charge is 0.375 e. The Labute approximate surface area is 117 Å². The van der Waals surface area contributed by atoms with Crippen LogP contribution >= 0.6 is 12.2 Å². The van der Waals surface area contributed by atoms with Crippen molar-refractivity contribution in [3.05, 3.63) is 66.0 Å². The first kappa shape index (κ1) is 13.2. The minimum Gasteiger partial charge on any atom is -0.375 e. The molecule has 0 amide bonds. The Bertz CT molecular complexity index is 567. The number of hydrazone groups is 1. The van der Waals surface area contributed by atoms with Gasteiger partial charge in [0.2, 0.25) is 0 Å². The van der Waals surface area contributed by atoms with Gasteiger partial charge >= 0.3 is 0 Å². The lowest BCUT2D eigenvalue weighted by Gasteiger charge is -2.07. The molecule has 5 heteroatoms. The number of nitrogens with two attached hydrogens (primary N) is 1. The third-order valence-corrected chi connectivity index (χ3v) is 2.62. The Hall–Kier alpha value is -2.27. The monoisotopic (exact) mass is 270 g/mol. The smallest absolute Gasteiger partial charge is 0.184 e. The second-order valence-corrected chi connectivity index (χ2v) is 4.37. The Balaban J connectivity index is 2.25. The van der Waals surface area contributed by atoms with Gasteiger partial charge in [-0.1, -0.05) is 30.3 Å². The third-order valence-electron chi connectivity index (χ3n) is 2.53. The fourth-order valence-corrected chi connectivity index (χ4v) is 1.71. The highest BCUT2D eigenvalue weighted by Gasteiger charge is 2.05. The van der Waals surface area contributed by atoms with E-state index in [0.29, 0.717) is 6.42 Å². The highest BCUT2D eigenvalue weighted by Crippen LogP contribution is 2.07. The Morgan fingerprint density at radius 2 is 1.84 bits per heavy atom. The maximum atomic E-state index is 5.41. The van der Waals surface area contributed by atoms with Crippen molar-refractivity contribution in [2.45, 2.75) is 6.42 Å². The number of hydrogen-bond donors (Lipinski definition) is 2. The summed E-state index contributed by atoms with van der Waals surface area (Å²) in [4.78, 5) is 4.00. The van der Waals surface area contributed by atoms with Crippen LogP contribution in [-0.2, 0) is 6.42 Å². The van der Waals surface area contributed by atoms with Crippen molar-refractivity contribution in [2.24, 2.45) is 10.8 Å². The number of pyridine rings is 1. The molecular weight excluding hydrogens is 256 g/mol. The predicted octanol–water partition coefficient (Wildman–Crippen LogP) is 1.86. The van der Waals surface area contributed by atoms with Crippen LogP contribution in [0.25, 0.3) is 0 Å². The van der Waals surface area contributed by atoms with Crippen LogP contribution in [0.5, 0.6) is 0 Å². The number of thiocarbonyl (C=S) groups is 1. The molecule has 0 bridgehead atoms. The van der Waals surface area contributed by atoms with Crippen LogP contribution in [0, 0.1) is 0 Å². The third kappa shape index (κ3) is 4.15. The van der Waals surface area contributed by atoms with Gasteiger partial charge in [-0.25, -0.2) is 0 Å². The Kier molecular flexibility index (Phi) is 4.58. The molecular formula is C14H14N4S. The minimum absolute atomic E-state index is 0.152.